The number of nitrogens with one attached hydrogen (secondary N) is 1. The number of amides is 1. The van der Waals surface area contributed by atoms with Gasteiger partial charge in [0.1, 0.15) is 6.61 Å². The molecule has 0 bridgehead atoms. The van der Waals surface area contributed by atoms with Gasteiger partial charge in [-0.1, -0.05) is 18.7 Å². The lowest BCUT2D eigenvalue weighted by atomic mass is 9.92. The lowest BCUT2D eigenvalue weighted by Crippen LogP contribution is -2.42. The van der Waals surface area contributed by atoms with Crippen molar-refractivity contribution in [3.63, 3.8) is 0 Å². The summed E-state index contributed by atoms with van der Waals surface area (Å²) in [4.78, 5) is 16.0. The van der Waals surface area contributed by atoms with Gasteiger partial charge in [0.2, 0.25) is 5.91 Å². The van der Waals surface area contributed by atoms with Crippen LogP contribution in [-0.2, 0) is 20.4 Å². The van der Waals surface area contributed by atoms with Crippen LogP contribution in [0.15, 0.2) is 43.4 Å². The quantitative estimate of drug-likeness (QED) is 0.535. The Morgan fingerprint density at radius 1 is 1.12 bits per heavy atom. The molecule has 1 heterocycles. The van der Waals surface area contributed by atoms with Crippen molar-refractivity contribution in [3.8, 4) is 11.3 Å². The molecule has 1 aliphatic carbocycles. The fourth-order valence-electron chi connectivity index (χ4n) is 3.13. The maximum Gasteiger partial charge on any atom is 0.522 e. The van der Waals surface area contributed by atoms with Gasteiger partial charge in [0.05, 0.1) is 29.8 Å². The third kappa shape index (κ3) is 7.32. The van der Waals surface area contributed by atoms with E-state index in [1.54, 1.807) is 10.8 Å². The van der Waals surface area contributed by atoms with E-state index in [1.165, 1.54) is 18.5 Å². The minimum atomic E-state index is -4.68. The average molecular weight is 477 g/mol. The number of halogens is 6. The summed E-state index contributed by atoms with van der Waals surface area (Å²) in [6.45, 7) is 3.85. The zero-order chi connectivity index (χ0) is 24.2. The first-order chi connectivity index (χ1) is 15.4. The Morgan fingerprint density at radius 3 is 2.39 bits per heavy atom. The van der Waals surface area contributed by atoms with E-state index in [1.807, 2.05) is 0 Å². The van der Waals surface area contributed by atoms with Crippen LogP contribution in [-0.4, -0.2) is 47.2 Å². The number of rotatable bonds is 9. The first kappa shape index (κ1) is 24.8. The molecule has 1 amide bonds. The van der Waals surface area contributed by atoms with Crippen molar-refractivity contribution in [1.29, 1.82) is 0 Å². The van der Waals surface area contributed by atoms with Crippen LogP contribution in [0.5, 0.6) is 0 Å². The number of ether oxygens (including phenoxy) is 2. The summed E-state index contributed by atoms with van der Waals surface area (Å²) in [6.07, 6.45) is -6.89. The zero-order valence-corrected chi connectivity index (χ0v) is 17.2. The summed E-state index contributed by atoms with van der Waals surface area (Å²) in [5, 5.41) is 2.62. The molecule has 2 aromatic rings. The highest BCUT2D eigenvalue weighted by Crippen LogP contribution is 2.32. The molecule has 1 fully saturated rings. The Kier molecular flexibility index (Phi) is 7.48. The monoisotopic (exact) mass is 477 g/mol. The van der Waals surface area contributed by atoms with Crippen molar-refractivity contribution in [1.82, 2.24) is 14.9 Å². The van der Waals surface area contributed by atoms with Crippen LogP contribution in [0.4, 0.5) is 26.3 Å². The SMILES string of the molecule is C=C(CCNC(=O)COC1CC(OC(F)(F)F)C1)n1cnc(-c2ccc(C(F)(F)F)cc2)c1. The highest BCUT2D eigenvalue weighted by molar-refractivity contribution is 5.77. The topological polar surface area (TPSA) is 65.4 Å². The van der Waals surface area contributed by atoms with Crippen molar-refractivity contribution in [3.05, 3.63) is 48.9 Å². The number of aromatic nitrogens is 2. The van der Waals surface area contributed by atoms with Crippen LogP contribution in [0.3, 0.4) is 0 Å². The molecular weight excluding hydrogens is 456 g/mol. The van der Waals surface area contributed by atoms with Crippen LogP contribution in [0.1, 0.15) is 24.8 Å². The largest absolute Gasteiger partial charge is 0.522 e. The van der Waals surface area contributed by atoms with Gasteiger partial charge >= 0.3 is 12.5 Å². The molecule has 180 valence electrons. The average Bonchev–Trinajstić information content (AvgIpc) is 3.18. The first-order valence-corrected chi connectivity index (χ1v) is 9.93. The van der Waals surface area contributed by atoms with Gasteiger partial charge in [-0.15, -0.1) is 13.2 Å². The number of carbonyl (C=O) groups is 1. The number of benzene rings is 1. The van der Waals surface area contributed by atoms with E-state index in [4.69, 9.17) is 4.74 Å². The van der Waals surface area contributed by atoms with E-state index in [9.17, 15) is 31.1 Å². The lowest BCUT2D eigenvalue weighted by molar-refractivity contribution is -0.357. The molecule has 0 radical (unpaired) electrons. The minimum absolute atomic E-state index is 0.0749. The van der Waals surface area contributed by atoms with E-state index in [-0.39, 0.29) is 26.0 Å². The summed E-state index contributed by atoms with van der Waals surface area (Å²) in [5.41, 5.74) is 0.823. The normalized spacial score (nSPS) is 18.6. The van der Waals surface area contributed by atoms with E-state index in [0.717, 1.165) is 12.1 Å². The summed E-state index contributed by atoms with van der Waals surface area (Å²) in [6, 6.07) is 4.62. The number of carbonyl (C=O) groups excluding carboxylic acids is 1. The van der Waals surface area contributed by atoms with Gasteiger partial charge in [-0.2, -0.15) is 13.2 Å². The number of nitrogens with zero attached hydrogens (tertiary/aromatic N) is 2. The van der Waals surface area contributed by atoms with Crippen LogP contribution < -0.4 is 5.32 Å². The maximum absolute atomic E-state index is 12.7. The Bertz CT molecular complexity index is 963. The third-order valence-electron chi connectivity index (χ3n) is 4.99. The summed E-state index contributed by atoms with van der Waals surface area (Å²) >= 11 is 0. The van der Waals surface area contributed by atoms with Crippen molar-refractivity contribution < 1.29 is 40.6 Å². The Hall–Kier alpha value is -2.86. The summed E-state index contributed by atoms with van der Waals surface area (Å²) < 4.78 is 84.9. The Labute approximate surface area is 185 Å². The maximum atomic E-state index is 12.7. The molecule has 33 heavy (non-hydrogen) atoms. The highest BCUT2D eigenvalue weighted by Gasteiger charge is 2.40. The van der Waals surface area contributed by atoms with Gasteiger partial charge in [-0.3, -0.25) is 9.53 Å². The van der Waals surface area contributed by atoms with E-state index < -0.39 is 36.2 Å². The Balaban J connectivity index is 1.37. The predicted octanol–water partition coefficient (Wildman–Crippen LogP) is 4.63. The summed E-state index contributed by atoms with van der Waals surface area (Å²) in [5.74, 6) is -0.418. The second-order valence-electron chi connectivity index (χ2n) is 7.50. The second kappa shape index (κ2) is 9.96. The van der Waals surface area contributed by atoms with Gasteiger partial charge in [0.25, 0.3) is 0 Å². The molecule has 0 unspecified atom stereocenters. The lowest BCUT2D eigenvalue weighted by Gasteiger charge is -2.34. The van der Waals surface area contributed by atoms with Crippen molar-refractivity contribution in [2.45, 2.75) is 44.0 Å². The first-order valence-electron chi connectivity index (χ1n) is 9.93. The molecule has 0 aliphatic heterocycles. The predicted molar refractivity (Wildman–Crippen MR) is 106 cm³/mol. The standard InChI is InChI=1S/C21H21F6N3O3/c1-13(6-7-28-19(31)11-32-16-8-17(9-16)33-21(25,26)27)30-10-18(29-12-30)14-2-4-15(5-3-14)20(22,23)24/h2-5,10,12,16-17H,1,6-9,11H2,(H,28,31). The fraction of sp³-hybridized carbons (Fsp3) is 0.429. The van der Waals surface area contributed by atoms with Crippen LogP contribution in [0.25, 0.3) is 17.0 Å². The third-order valence-corrected chi connectivity index (χ3v) is 4.99. The van der Waals surface area contributed by atoms with Gasteiger partial charge in [-0.25, -0.2) is 4.98 Å². The molecule has 6 nitrogen and oxygen atoms in total. The van der Waals surface area contributed by atoms with Crippen molar-refractivity contribution >= 4 is 11.6 Å². The van der Waals surface area contributed by atoms with Crippen molar-refractivity contribution in [2.75, 3.05) is 13.2 Å². The fourth-order valence-corrected chi connectivity index (χ4v) is 3.13. The second-order valence-corrected chi connectivity index (χ2v) is 7.50. The van der Waals surface area contributed by atoms with Gasteiger partial charge in [0, 0.05) is 43.3 Å². The van der Waals surface area contributed by atoms with Crippen LogP contribution >= 0.6 is 0 Å². The number of hydrogen-bond donors (Lipinski definition) is 1. The molecule has 1 aromatic carbocycles. The molecule has 0 atom stereocenters. The van der Waals surface area contributed by atoms with Crippen LogP contribution in [0.2, 0.25) is 0 Å². The summed E-state index contributed by atoms with van der Waals surface area (Å²) in [7, 11) is 0. The molecule has 3 rings (SSSR count). The number of alkyl halides is 6. The molecular formula is C21H21F6N3O3. The van der Waals surface area contributed by atoms with Crippen molar-refractivity contribution in [2.24, 2.45) is 0 Å². The van der Waals surface area contributed by atoms with Crippen LogP contribution in [0, 0.1) is 0 Å². The molecule has 1 saturated carbocycles. The zero-order valence-electron chi connectivity index (χ0n) is 17.2. The van der Waals surface area contributed by atoms with E-state index >= 15 is 0 Å². The minimum Gasteiger partial charge on any atom is -0.368 e. The molecule has 0 spiro atoms. The highest BCUT2D eigenvalue weighted by atomic mass is 19.4. The smallest absolute Gasteiger partial charge is 0.368 e. The molecule has 1 N–H and O–H groups in total. The van der Waals surface area contributed by atoms with E-state index in [2.05, 4.69) is 21.6 Å². The van der Waals surface area contributed by atoms with Gasteiger partial charge in [-0.05, 0) is 12.1 Å². The molecule has 0 saturated heterocycles. The number of imidazole rings is 1. The van der Waals surface area contributed by atoms with E-state index in [0.29, 0.717) is 23.4 Å². The van der Waals surface area contributed by atoms with Gasteiger partial charge < -0.3 is 14.6 Å². The molecule has 1 aromatic heterocycles. The Morgan fingerprint density at radius 2 is 1.79 bits per heavy atom. The molecule has 1 aliphatic rings. The molecule has 12 heteroatoms. The number of hydrogen-bond acceptors (Lipinski definition) is 4. The van der Waals surface area contributed by atoms with Gasteiger partial charge in [0.15, 0.2) is 0 Å².